The van der Waals surface area contributed by atoms with Gasteiger partial charge >= 0.3 is 0 Å². The summed E-state index contributed by atoms with van der Waals surface area (Å²) in [4.78, 5) is 28.1. The maximum absolute atomic E-state index is 12.7. The van der Waals surface area contributed by atoms with E-state index in [9.17, 15) is 14.9 Å². The summed E-state index contributed by atoms with van der Waals surface area (Å²) in [5.41, 5.74) is 0.924. The van der Waals surface area contributed by atoms with Gasteiger partial charge in [0.25, 0.3) is 11.6 Å². The predicted molar refractivity (Wildman–Crippen MR) is 103 cm³/mol. The summed E-state index contributed by atoms with van der Waals surface area (Å²) in [5, 5.41) is 14.5. The van der Waals surface area contributed by atoms with E-state index in [1.54, 1.807) is 12.1 Å². The molecule has 8 nitrogen and oxygen atoms in total. The molecule has 0 spiro atoms. The Bertz CT molecular complexity index is 684. The Morgan fingerprint density at radius 1 is 1.19 bits per heavy atom. The molecule has 2 unspecified atom stereocenters. The first kappa shape index (κ1) is 19.6. The van der Waals surface area contributed by atoms with Crippen LogP contribution >= 0.6 is 0 Å². The molecule has 1 aromatic rings. The maximum atomic E-state index is 12.7. The molecular weight excluding hydrogens is 348 g/mol. The van der Waals surface area contributed by atoms with Gasteiger partial charge in [-0.15, -0.1) is 0 Å². The number of nitrogens with zero attached hydrogens (tertiary/aromatic N) is 3. The number of carbonyl (C=O) groups excluding carboxylic acids is 1. The first-order valence-corrected chi connectivity index (χ1v) is 9.63. The smallest absolute Gasteiger partial charge is 0.293 e. The van der Waals surface area contributed by atoms with Gasteiger partial charge in [-0.3, -0.25) is 19.8 Å². The molecule has 0 saturated carbocycles. The van der Waals surface area contributed by atoms with Crippen LogP contribution in [-0.4, -0.2) is 67.2 Å². The number of amides is 1. The van der Waals surface area contributed by atoms with E-state index < -0.39 is 4.92 Å². The maximum Gasteiger partial charge on any atom is 0.293 e. The highest BCUT2D eigenvalue weighted by Crippen LogP contribution is 2.31. The van der Waals surface area contributed by atoms with Crippen LogP contribution in [0.5, 0.6) is 0 Å². The molecule has 1 N–H and O–H groups in total. The van der Waals surface area contributed by atoms with Crippen molar-refractivity contribution in [2.24, 2.45) is 0 Å². The first-order valence-electron chi connectivity index (χ1n) is 9.63. The quantitative estimate of drug-likeness (QED) is 0.604. The van der Waals surface area contributed by atoms with Crippen LogP contribution in [0, 0.1) is 10.1 Å². The van der Waals surface area contributed by atoms with E-state index in [-0.39, 0.29) is 23.7 Å². The molecule has 8 heteroatoms. The summed E-state index contributed by atoms with van der Waals surface area (Å²) in [5.74, 6) is -0.279. The van der Waals surface area contributed by atoms with Crippen LogP contribution in [0.25, 0.3) is 0 Å². The zero-order valence-electron chi connectivity index (χ0n) is 16.0. The van der Waals surface area contributed by atoms with Crippen molar-refractivity contribution in [2.45, 2.75) is 38.8 Å². The number of rotatable bonds is 6. The number of nitro groups is 1. The average molecular weight is 376 g/mol. The van der Waals surface area contributed by atoms with Crippen LogP contribution < -0.4 is 10.2 Å². The van der Waals surface area contributed by atoms with Gasteiger partial charge in [-0.2, -0.15) is 0 Å². The molecule has 0 radical (unpaired) electrons. The molecule has 2 heterocycles. The summed E-state index contributed by atoms with van der Waals surface area (Å²) in [6.45, 7) is 8.78. The van der Waals surface area contributed by atoms with Crippen molar-refractivity contribution in [3.63, 3.8) is 0 Å². The van der Waals surface area contributed by atoms with Crippen LogP contribution in [-0.2, 0) is 4.74 Å². The van der Waals surface area contributed by atoms with E-state index in [4.69, 9.17) is 4.74 Å². The zero-order chi connectivity index (χ0) is 19.4. The Kier molecular flexibility index (Phi) is 6.28. The number of nitro benzene ring substituents is 1. The first-order chi connectivity index (χ1) is 13.0. The van der Waals surface area contributed by atoms with Crippen molar-refractivity contribution in [3.8, 4) is 0 Å². The lowest BCUT2D eigenvalue weighted by Crippen LogP contribution is -2.52. The molecule has 1 amide bonds. The van der Waals surface area contributed by atoms with Gasteiger partial charge in [0.1, 0.15) is 5.69 Å². The third kappa shape index (κ3) is 4.56. The Balaban J connectivity index is 1.70. The fraction of sp³-hybridized carbons (Fsp3) is 0.632. The molecule has 0 bridgehead atoms. The third-order valence-electron chi connectivity index (χ3n) is 5.59. The lowest BCUT2D eigenvalue weighted by atomic mass is 10.1. The van der Waals surface area contributed by atoms with Gasteiger partial charge in [0.05, 0.1) is 18.1 Å². The highest BCUT2D eigenvalue weighted by Gasteiger charge is 2.26. The number of carbonyl (C=O) groups is 1. The Labute approximate surface area is 159 Å². The number of benzene rings is 1. The van der Waals surface area contributed by atoms with Gasteiger partial charge in [0, 0.05) is 49.9 Å². The molecule has 27 heavy (non-hydrogen) atoms. The van der Waals surface area contributed by atoms with Gasteiger partial charge < -0.3 is 15.0 Å². The topological polar surface area (TPSA) is 88.0 Å². The van der Waals surface area contributed by atoms with Crippen LogP contribution in [0.15, 0.2) is 18.2 Å². The Hall–Kier alpha value is -2.19. The normalized spacial score (nSPS) is 20.3. The molecular formula is C19H28N4O4. The molecule has 2 aliphatic heterocycles. The largest absolute Gasteiger partial charge is 0.379 e. The molecule has 0 aliphatic carbocycles. The lowest BCUT2D eigenvalue weighted by Gasteiger charge is -2.35. The number of nitrogens with one attached hydrogen (secondary N) is 1. The monoisotopic (exact) mass is 376 g/mol. The van der Waals surface area contributed by atoms with E-state index in [0.29, 0.717) is 24.5 Å². The van der Waals surface area contributed by atoms with Crippen molar-refractivity contribution in [1.82, 2.24) is 10.2 Å². The second-order valence-corrected chi connectivity index (χ2v) is 7.31. The second kappa shape index (κ2) is 8.67. The van der Waals surface area contributed by atoms with Crippen molar-refractivity contribution in [1.29, 1.82) is 0 Å². The second-order valence-electron chi connectivity index (χ2n) is 7.31. The minimum atomic E-state index is -0.399. The molecule has 148 valence electrons. The van der Waals surface area contributed by atoms with E-state index in [2.05, 4.69) is 17.1 Å². The fourth-order valence-corrected chi connectivity index (χ4v) is 3.75. The number of ether oxygens (including phenoxy) is 1. The summed E-state index contributed by atoms with van der Waals surface area (Å²) >= 11 is 0. The lowest BCUT2D eigenvalue weighted by molar-refractivity contribution is -0.384. The van der Waals surface area contributed by atoms with Gasteiger partial charge in [-0.05, 0) is 38.8 Å². The summed E-state index contributed by atoms with van der Waals surface area (Å²) in [6, 6.07) is 4.87. The highest BCUT2D eigenvalue weighted by atomic mass is 16.6. The SMILES string of the molecule is CC(NC(=O)c1ccc(N2CCCC2)c([N+](=O)[O-])c1)C(C)N1CCOCC1. The summed E-state index contributed by atoms with van der Waals surface area (Å²) in [6.07, 6.45) is 2.08. The fourth-order valence-electron chi connectivity index (χ4n) is 3.75. The van der Waals surface area contributed by atoms with Crippen LogP contribution in [0.4, 0.5) is 11.4 Å². The van der Waals surface area contributed by atoms with Crippen molar-refractivity contribution in [3.05, 3.63) is 33.9 Å². The van der Waals surface area contributed by atoms with Crippen molar-refractivity contribution >= 4 is 17.3 Å². The Morgan fingerprint density at radius 3 is 2.48 bits per heavy atom. The molecule has 3 rings (SSSR count). The molecule has 1 aromatic carbocycles. The number of hydrogen-bond acceptors (Lipinski definition) is 6. The standard InChI is InChI=1S/C19H28N4O4/c1-14(15(2)21-9-11-27-12-10-21)20-19(24)16-5-6-17(18(13-16)23(25)26)22-7-3-4-8-22/h5-6,13-15H,3-4,7-12H2,1-2H3,(H,20,24). The minimum absolute atomic E-state index is 0.00145. The summed E-state index contributed by atoms with van der Waals surface area (Å²) in [7, 11) is 0. The highest BCUT2D eigenvalue weighted by molar-refractivity contribution is 5.96. The van der Waals surface area contributed by atoms with Gasteiger partial charge in [-0.1, -0.05) is 0 Å². The number of hydrogen-bond donors (Lipinski definition) is 1. The van der Waals surface area contributed by atoms with Crippen LogP contribution in [0.2, 0.25) is 0 Å². The number of morpholine rings is 1. The zero-order valence-corrected chi connectivity index (χ0v) is 16.0. The Morgan fingerprint density at radius 2 is 1.85 bits per heavy atom. The minimum Gasteiger partial charge on any atom is -0.379 e. The van der Waals surface area contributed by atoms with Crippen LogP contribution in [0.1, 0.15) is 37.0 Å². The molecule has 0 aromatic heterocycles. The predicted octanol–water partition coefficient (Wildman–Crippen LogP) is 2.03. The molecule has 2 fully saturated rings. The molecule has 2 saturated heterocycles. The average Bonchev–Trinajstić information content (AvgIpc) is 3.22. The number of anilines is 1. The van der Waals surface area contributed by atoms with Crippen molar-refractivity contribution in [2.75, 3.05) is 44.3 Å². The van der Waals surface area contributed by atoms with Crippen molar-refractivity contribution < 1.29 is 14.5 Å². The third-order valence-corrected chi connectivity index (χ3v) is 5.59. The van der Waals surface area contributed by atoms with Crippen LogP contribution in [0.3, 0.4) is 0 Å². The molecule has 2 atom stereocenters. The summed E-state index contributed by atoms with van der Waals surface area (Å²) < 4.78 is 5.37. The molecule has 2 aliphatic rings. The van der Waals surface area contributed by atoms with Gasteiger partial charge in [-0.25, -0.2) is 0 Å². The van der Waals surface area contributed by atoms with Gasteiger partial charge in [0.15, 0.2) is 0 Å². The van der Waals surface area contributed by atoms with E-state index in [1.807, 2.05) is 11.8 Å². The van der Waals surface area contributed by atoms with E-state index in [0.717, 1.165) is 39.0 Å². The van der Waals surface area contributed by atoms with E-state index in [1.165, 1.54) is 6.07 Å². The van der Waals surface area contributed by atoms with Gasteiger partial charge in [0.2, 0.25) is 0 Å². The van der Waals surface area contributed by atoms with E-state index >= 15 is 0 Å².